The molecule has 0 bridgehead atoms. The first-order valence-corrected chi connectivity index (χ1v) is 10.6. The molecule has 0 radical (unpaired) electrons. The van der Waals surface area contributed by atoms with Crippen LogP contribution in [0.3, 0.4) is 0 Å². The zero-order valence-corrected chi connectivity index (χ0v) is 16.4. The number of hydrogen-bond acceptors (Lipinski definition) is 6. The maximum Gasteiger partial charge on any atom is 0.288 e. The molecule has 1 fully saturated rings. The molecule has 0 saturated carbocycles. The van der Waals surface area contributed by atoms with Gasteiger partial charge in [-0.15, -0.1) is 5.10 Å². The van der Waals surface area contributed by atoms with Gasteiger partial charge in [0.15, 0.2) is 9.84 Å². The minimum atomic E-state index is -2.92. The van der Waals surface area contributed by atoms with Gasteiger partial charge in [0.25, 0.3) is 4.84 Å². The van der Waals surface area contributed by atoms with Crippen LogP contribution in [0.15, 0.2) is 22.6 Å². The second-order valence-corrected chi connectivity index (χ2v) is 9.23. The first kappa shape index (κ1) is 18.3. The van der Waals surface area contributed by atoms with E-state index in [4.69, 9.17) is 16.6 Å². The molecule has 1 aliphatic heterocycles. The van der Waals surface area contributed by atoms with Crippen molar-refractivity contribution < 1.29 is 12.8 Å². The van der Waals surface area contributed by atoms with Crippen molar-refractivity contribution in [3.63, 3.8) is 0 Å². The molecule has 1 aromatic heterocycles. The summed E-state index contributed by atoms with van der Waals surface area (Å²) < 4.78 is 30.8. The van der Waals surface area contributed by atoms with Crippen molar-refractivity contribution in [2.24, 2.45) is 0 Å². The molecule has 1 saturated heterocycles. The molecule has 6 nitrogen and oxygen atoms in total. The molecule has 1 aliphatic rings. The maximum atomic E-state index is 11.7. The Labute approximate surface area is 153 Å². The highest BCUT2D eigenvalue weighted by Gasteiger charge is 2.32. The summed E-state index contributed by atoms with van der Waals surface area (Å²) in [6, 6.07) is 6.13. The SMILES string of the molecule is CCN(Cn1nc(-c2cc(C)cc(C)c2)oc1=S)[C@@H]1CCS(=O)(=O)C1. The largest absolute Gasteiger partial charge is 0.409 e. The number of benzene rings is 1. The highest BCUT2D eigenvalue weighted by Crippen LogP contribution is 2.22. The molecule has 0 aliphatic carbocycles. The van der Waals surface area contributed by atoms with Crippen LogP contribution in [0, 0.1) is 18.7 Å². The fraction of sp³-hybridized carbons (Fsp3) is 0.529. The maximum absolute atomic E-state index is 11.7. The summed E-state index contributed by atoms with van der Waals surface area (Å²) in [5.74, 6) is 0.953. The smallest absolute Gasteiger partial charge is 0.288 e. The summed E-state index contributed by atoms with van der Waals surface area (Å²) in [5.41, 5.74) is 3.17. The molecular weight excluding hydrogens is 358 g/mol. The molecule has 0 N–H and O–H groups in total. The average molecular weight is 382 g/mol. The van der Waals surface area contributed by atoms with Crippen molar-refractivity contribution in [2.75, 3.05) is 18.1 Å². The van der Waals surface area contributed by atoms with Crippen LogP contribution in [0.2, 0.25) is 0 Å². The first-order chi connectivity index (χ1) is 11.8. The fourth-order valence-electron chi connectivity index (χ4n) is 3.32. The molecule has 1 atom stereocenters. The van der Waals surface area contributed by atoms with E-state index in [0.29, 0.717) is 23.8 Å². The van der Waals surface area contributed by atoms with Gasteiger partial charge in [0.1, 0.15) is 0 Å². The lowest BCUT2D eigenvalue weighted by Crippen LogP contribution is -2.37. The van der Waals surface area contributed by atoms with Gasteiger partial charge in [0.2, 0.25) is 5.89 Å². The van der Waals surface area contributed by atoms with Crippen LogP contribution in [0.5, 0.6) is 0 Å². The second-order valence-electron chi connectivity index (χ2n) is 6.65. The Balaban J connectivity index is 1.83. The third-order valence-corrected chi connectivity index (χ3v) is 6.57. The fourth-order valence-corrected chi connectivity index (χ4v) is 5.26. The molecular formula is C17H23N3O3S2. The van der Waals surface area contributed by atoms with Crippen molar-refractivity contribution in [3.8, 4) is 11.5 Å². The first-order valence-electron chi connectivity index (χ1n) is 8.38. The summed E-state index contributed by atoms with van der Waals surface area (Å²) in [7, 11) is -2.92. The monoisotopic (exact) mass is 381 g/mol. The molecule has 2 aromatic rings. The van der Waals surface area contributed by atoms with E-state index < -0.39 is 9.84 Å². The Kier molecular flexibility index (Phi) is 5.13. The lowest BCUT2D eigenvalue weighted by molar-refractivity contribution is 0.162. The van der Waals surface area contributed by atoms with Gasteiger partial charge >= 0.3 is 0 Å². The number of rotatable bonds is 5. The van der Waals surface area contributed by atoms with E-state index in [-0.39, 0.29) is 17.5 Å². The van der Waals surface area contributed by atoms with Crippen LogP contribution in [0.25, 0.3) is 11.5 Å². The topological polar surface area (TPSA) is 68.3 Å². The second kappa shape index (κ2) is 7.01. The number of nitrogens with zero attached hydrogens (tertiary/aromatic N) is 3. The molecule has 3 rings (SSSR count). The zero-order valence-electron chi connectivity index (χ0n) is 14.7. The standard InChI is InChI=1S/C17H23N3O3S2/c1-4-19(15-5-6-25(21,22)10-15)11-20-17(24)23-16(18-20)14-8-12(2)7-13(3)9-14/h7-9,15H,4-6,10-11H2,1-3H3/t15-/m1/s1. The van der Waals surface area contributed by atoms with Gasteiger partial charge in [-0.25, -0.2) is 13.1 Å². The van der Waals surface area contributed by atoms with E-state index in [9.17, 15) is 8.42 Å². The van der Waals surface area contributed by atoms with Gasteiger partial charge in [0.05, 0.1) is 18.2 Å². The molecule has 25 heavy (non-hydrogen) atoms. The van der Waals surface area contributed by atoms with Gasteiger partial charge < -0.3 is 4.42 Å². The Morgan fingerprint density at radius 3 is 2.56 bits per heavy atom. The third kappa shape index (κ3) is 4.19. The number of hydrogen-bond donors (Lipinski definition) is 0. The Morgan fingerprint density at radius 1 is 1.32 bits per heavy atom. The van der Waals surface area contributed by atoms with Gasteiger partial charge in [-0.05, 0) is 51.2 Å². The van der Waals surface area contributed by atoms with Crippen molar-refractivity contribution in [2.45, 2.75) is 39.9 Å². The molecule has 2 heterocycles. The minimum absolute atomic E-state index is 0.0123. The van der Waals surface area contributed by atoms with Crippen LogP contribution in [0.1, 0.15) is 24.5 Å². The lowest BCUT2D eigenvalue weighted by atomic mass is 10.1. The van der Waals surface area contributed by atoms with Gasteiger partial charge in [-0.1, -0.05) is 24.1 Å². The van der Waals surface area contributed by atoms with Crippen molar-refractivity contribution in [1.29, 1.82) is 0 Å². The van der Waals surface area contributed by atoms with Crippen molar-refractivity contribution in [3.05, 3.63) is 34.2 Å². The molecule has 0 unspecified atom stereocenters. The quantitative estimate of drug-likeness (QED) is 0.742. The predicted octanol–water partition coefficient (Wildman–Crippen LogP) is 2.96. The van der Waals surface area contributed by atoms with Crippen molar-refractivity contribution >= 4 is 22.1 Å². The summed E-state index contributed by atoms with van der Waals surface area (Å²) in [5, 5.41) is 4.51. The molecule has 0 spiro atoms. The molecule has 136 valence electrons. The van der Waals surface area contributed by atoms with E-state index in [1.165, 1.54) is 0 Å². The van der Waals surface area contributed by atoms with E-state index in [1.807, 2.05) is 32.9 Å². The Morgan fingerprint density at radius 2 is 2.00 bits per heavy atom. The van der Waals surface area contributed by atoms with Crippen LogP contribution in [0.4, 0.5) is 0 Å². The number of sulfone groups is 1. The third-order valence-electron chi connectivity index (χ3n) is 4.52. The zero-order chi connectivity index (χ0) is 18.2. The molecule has 1 aromatic carbocycles. The Hall–Kier alpha value is -1.51. The van der Waals surface area contributed by atoms with E-state index in [1.54, 1.807) is 4.68 Å². The minimum Gasteiger partial charge on any atom is -0.409 e. The number of aromatic nitrogens is 2. The van der Waals surface area contributed by atoms with Crippen LogP contribution in [-0.2, 0) is 16.5 Å². The normalized spacial score (nSPS) is 19.6. The average Bonchev–Trinajstić information content (AvgIpc) is 3.06. The van der Waals surface area contributed by atoms with E-state index in [2.05, 4.69) is 16.1 Å². The highest BCUT2D eigenvalue weighted by atomic mass is 32.2. The van der Waals surface area contributed by atoms with Crippen LogP contribution in [-0.4, -0.2) is 47.2 Å². The Bertz CT molecular complexity index is 911. The van der Waals surface area contributed by atoms with Gasteiger partial charge in [-0.2, -0.15) is 0 Å². The van der Waals surface area contributed by atoms with E-state index in [0.717, 1.165) is 23.2 Å². The summed E-state index contributed by atoms with van der Waals surface area (Å²) >= 11 is 5.31. The van der Waals surface area contributed by atoms with Gasteiger partial charge in [-0.3, -0.25) is 4.90 Å². The molecule has 8 heteroatoms. The number of aryl methyl sites for hydroxylation is 2. The lowest BCUT2D eigenvalue weighted by Gasteiger charge is -2.25. The van der Waals surface area contributed by atoms with E-state index >= 15 is 0 Å². The predicted molar refractivity (Wildman–Crippen MR) is 99.7 cm³/mol. The summed E-state index contributed by atoms with van der Waals surface area (Å²) in [6.45, 7) is 7.24. The van der Waals surface area contributed by atoms with Crippen LogP contribution >= 0.6 is 12.2 Å². The summed E-state index contributed by atoms with van der Waals surface area (Å²) in [4.78, 5) is 2.39. The van der Waals surface area contributed by atoms with Crippen LogP contribution < -0.4 is 0 Å². The summed E-state index contributed by atoms with van der Waals surface area (Å²) in [6.07, 6.45) is 0.658. The molecule has 0 amide bonds. The van der Waals surface area contributed by atoms with Crippen molar-refractivity contribution in [1.82, 2.24) is 14.7 Å². The highest BCUT2D eigenvalue weighted by molar-refractivity contribution is 7.91. The van der Waals surface area contributed by atoms with Gasteiger partial charge in [0, 0.05) is 11.6 Å².